The third-order valence-corrected chi connectivity index (χ3v) is 1.69. The maximum absolute atomic E-state index is 11.2. The van der Waals surface area contributed by atoms with Crippen LogP contribution in [-0.4, -0.2) is 30.1 Å². The van der Waals surface area contributed by atoms with E-state index in [1.807, 2.05) is 0 Å². The Morgan fingerprint density at radius 3 is 3.25 bits per heavy atom. The zero-order valence-electron chi connectivity index (χ0n) is 6.91. The van der Waals surface area contributed by atoms with E-state index in [0.29, 0.717) is 25.4 Å². The van der Waals surface area contributed by atoms with Crippen LogP contribution < -0.4 is 5.32 Å². The summed E-state index contributed by atoms with van der Waals surface area (Å²) in [5.41, 5.74) is 0.609. The van der Waals surface area contributed by atoms with Gasteiger partial charge in [-0.3, -0.25) is 5.32 Å². The smallest absolute Gasteiger partial charge is 0.336 e. The van der Waals surface area contributed by atoms with Gasteiger partial charge < -0.3 is 9.04 Å². The number of esters is 1. The molecule has 0 aromatic heterocycles. The zero-order valence-corrected chi connectivity index (χ0v) is 7.80. The quantitative estimate of drug-likeness (QED) is 0.478. The summed E-state index contributed by atoms with van der Waals surface area (Å²) in [5, 5.41) is 3.00. The van der Waals surface area contributed by atoms with Crippen LogP contribution in [0.1, 0.15) is 6.92 Å². The maximum atomic E-state index is 11.2. The molecule has 1 rings (SSSR count). The summed E-state index contributed by atoms with van der Waals surface area (Å²) < 4.78 is 6.43. The Bertz CT molecular complexity index is 206. The molecule has 4 nitrogen and oxygen atoms in total. The van der Waals surface area contributed by atoms with E-state index in [1.54, 1.807) is 17.4 Å². The number of hydrogen-bond acceptors (Lipinski definition) is 5. The van der Waals surface area contributed by atoms with Crippen molar-refractivity contribution in [3.05, 3.63) is 11.8 Å². The Hall–Kier alpha value is -0.680. The molecule has 1 aliphatic rings. The molecule has 1 heterocycles. The van der Waals surface area contributed by atoms with Crippen LogP contribution in [0, 0.1) is 0 Å². The van der Waals surface area contributed by atoms with Crippen LogP contribution in [0.3, 0.4) is 0 Å². The van der Waals surface area contributed by atoms with Gasteiger partial charge in [0, 0.05) is 12.7 Å². The van der Waals surface area contributed by atoms with Crippen molar-refractivity contribution in [1.82, 2.24) is 9.62 Å². The molecule has 1 aliphatic heterocycles. The van der Waals surface area contributed by atoms with E-state index in [4.69, 9.17) is 4.74 Å². The first kappa shape index (κ1) is 9.41. The van der Waals surface area contributed by atoms with Gasteiger partial charge in [0.25, 0.3) is 0 Å². The van der Waals surface area contributed by atoms with E-state index in [9.17, 15) is 4.79 Å². The number of ether oxygens (including phenoxy) is 1. The molecule has 0 aliphatic carbocycles. The summed E-state index contributed by atoms with van der Waals surface area (Å²) in [6, 6.07) is 0. The highest BCUT2D eigenvalue weighted by molar-refractivity contribution is 7.77. The molecule has 5 heteroatoms. The highest BCUT2D eigenvalue weighted by Gasteiger charge is 2.14. The predicted molar refractivity (Wildman–Crippen MR) is 48.4 cm³/mol. The molecule has 0 saturated heterocycles. The Labute approximate surface area is 77.1 Å². The minimum atomic E-state index is -0.274. The van der Waals surface area contributed by atoms with E-state index in [0.717, 1.165) is 0 Å². The largest absolute Gasteiger partial charge is 0.463 e. The Kier molecular flexibility index (Phi) is 3.43. The highest BCUT2D eigenvalue weighted by atomic mass is 32.1. The van der Waals surface area contributed by atoms with Gasteiger partial charge in [0.1, 0.15) is 0 Å². The fourth-order valence-corrected chi connectivity index (χ4v) is 1.16. The van der Waals surface area contributed by atoms with Crippen molar-refractivity contribution in [2.45, 2.75) is 6.92 Å². The van der Waals surface area contributed by atoms with Crippen molar-refractivity contribution in [1.29, 1.82) is 0 Å². The third kappa shape index (κ3) is 2.42. The van der Waals surface area contributed by atoms with E-state index >= 15 is 0 Å². The van der Waals surface area contributed by atoms with Crippen LogP contribution in [0.5, 0.6) is 0 Å². The molecular formula is C7H12N2O2S. The molecule has 0 aromatic carbocycles. The summed E-state index contributed by atoms with van der Waals surface area (Å²) in [5.74, 6) is -0.274. The predicted octanol–water partition coefficient (Wildman–Crippen LogP) is 0.141. The molecular weight excluding hydrogens is 176 g/mol. The molecule has 0 radical (unpaired) electrons. The lowest BCUT2D eigenvalue weighted by Crippen LogP contribution is -2.34. The fourth-order valence-electron chi connectivity index (χ4n) is 0.925. The van der Waals surface area contributed by atoms with E-state index < -0.39 is 0 Å². The summed E-state index contributed by atoms with van der Waals surface area (Å²) >= 11 is 4.07. The molecule has 1 N–H and O–H groups in total. The fraction of sp³-hybridized carbons (Fsp3) is 0.571. The van der Waals surface area contributed by atoms with Gasteiger partial charge >= 0.3 is 5.97 Å². The zero-order chi connectivity index (χ0) is 8.97. The molecule has 0 saturated carbocycles. The van der Waals surface area contributed by atoms with Gasteiger partial charge in [-0.25, -0.2) is 4.79 Å². The number of thiol groups is 1. The summed E-state index contributed by atoms with van der Waals surface area (Å²) in [6.45, 7) is 3.39. The molecule has 0 fully saturated rings. The van der Waals surface area contributed by atoms with Crippen molar-refractivity contribution in [2.75, 3.05) is 19.8 Å². The number of carbonyl (C=O) groups is 1. The normalized spacial score (nSPS) is 17.2. The lowest BCUT2D eigenvalue weighted by atomic mass is 10.2. The molecule has 0 atom stereocenters. The average molecular weight is 188 g/mol. The van der Waals surface area contributed by atoms with Crippen LogP contribution >= 0.6 is 12.8 Å². The van der Waals surface area contributed by atoms with Gasteiger partial charge in [-0.05, 0) is 6.92 Å². The van der Waals surface area contributed by atoms with Crippen LogP contribution in [-0.2, 0) is 9.53 Å². The minimum Gasteiger partial charge on any atom is -0.463 e. The van der Waals surface area contributed by atoms with Crippen molar-refractivity contribution >= 4 is 18.8 Å². The summed E-state index contributed by atoms with van der Waals surface area (Å²) in [6.07, 6.45) is 1.68. The minimum absolute atomic E-state index is 0.274. The van der Waals surface area contributed by atoms with Crippen molar-refractivity contribution in [2.24, 2.45) is 0 Å². The maximum Gasteiger partial charge on any atom is 0.336 e. The number of nitrogens with zero attached hydrogens (tertiary/aromatic N) is 1. The van der Waals surface area contributed by atoms with E-state index in [1.165, 1.54) is 0 Å². The second-order valence-corrected chi connectivity index (χ2v) is 2.91. The first-order valence-electron chi connectivity index (χ1n) is 3.78. The molecule has 12 heavy (non-hydrogen) atoms. The first-order valence-corrected chi connectivity index (χ1v) is 4.18. The standard InChI is InChI=1S/C7H12N2O2S/c1-2-11-7(10)6-3-8-5-9(12)4-6/h4,8,12H,2-3,5H2,1H3. The molecule has 68 valence electrons. The topological polar surface area (TPSA) is 41.6 Å². The van der Waals surface area contributed by atoms with Crippen molar-refractivity contribution in [3.8, 4) is 0 Å². The highest BCUT2D eigenvalue weighted by Crippen LogP contribution is 2.06. The average Bonchev–Trinajstić information content (AvgIpc) is 2.05. The van der Waals surface area contributed by atoms with Crippen molar-refractivity contribution < 1.29 is 9.53 Å². The Balaban J connectivity index is 2.55. The first-order chi connectivity index (χ1) is 5.74. The Morgan fingerprint density at radius 1 is 1.92 bits per heavy atom. The van der Waals surface area contributed by atoms with E-state index in [2.05, 4.69) is 18.1 Å². The SMILES string of the molecule is CCOC(=O)C1=CN(S)CNC1. The van der Waals surface area contributed by atoms with Crippen LogP contribution in [0.4, 0.5) is 0 Å². The molecule has 0 bridgehead atoms. The van der Waals surface area contributed by atoms with E-state index in [-0.39, 0.29) is 5.97 Å². The third-order valence-electron chi connectivity index (χ3n) is 1.43. The second-order valence-electron chi connectivity index (χ2n) is 2.40. The number of nitrogens with one attached hydrogen (secondary N) is 1. The lowest BCUT2D eigenvalue weighted by Gasteiger charge is -2.21. The van der Waals surface area contributed by atoms with Gasteiger partial charge in [0.15, 0.2) is 0 Å². The molecule has 0 aromatic rings. The molecule has 0 spiro atoms. The van der Waals surface area contributed by atoms with Crippen LogP contribution in [0.2, 0.25) is 0 Å². The number of rotatable bonds is 2. The van der Waals surface area contributed by atoms with Gasteiger partial charge in [-0.2, -0.15) is 0 Å². The van der Waals surface area contributed by atoms with Crippen molar-refractivity contribution in [3.63, 3.8) is 0 Å². The monoisotopic (exact) mass is 188 g/mol. The summed E-state index contributed by atoms with van der Waals surface area (Å²) in [7, 11) is 0. The van der Waals surface area contributed by atoms with Gasteiger partial charge in [-0.15, -0.1) is 0 Å². The van der Waals surface area contributed by atoms with Gasteiger partial charge in [-0.1, -0.05) is 12.8 Å². The lowest BCUT2D eigenvalue weighted by molar-refractivity contribution is -0.138. The summed E-state index contributed by atoms with van der Waals surface area (Å²) in [4.78, 5) is 11.2. The molecule has 0 unspecified atom stereocenters. The van der Waals surface area contributed by atoms with Crippen LogP contribution in [0.15, 0.2) is 11.8 Å². The van der Waals surface area contributed by atoms with Crippen LogP contribution in [0.25, 0.3) is 0 Å². The molecule has 0 amide bonds. The van der Waals surface area contributed by atoms with Gasteiger partial charge in [0.2, 0.25) is 0 Å². The number of hydrogen-bond donors (Lipinski definition) is 2. The van der Waals surface area contributed by atoms with Gasteiger partial charge in [0.05, 0.1) is 18.8 Å². The second kappa shape index (κ2) is 4.37. The number of carbonyl (C=O) groups excluding carboxylic acids is 1. The Morgan fingerprint density at radius 2 is 2.67 bits per heavy atom.